The highest BCUT2D eigenvalue weighted by Gasteiger charge is 2.27. The number of aromatic hydroxyl groups is 1. The van der Waals surface area contributed by atoms with Crippen LogP contribution in [0.5, 0.6) is 5.75 Å². The molecule has 5 heteroatoms. The molecule has 0 unspecified atom stereocenters. The molecular formula is C29H42N2O3. The van der Waals surface area contributed by atoms with Gasteiger partial charge in [-0.2, -0.15) is 0 Å². The Hall–Kier alpha value is -2.53. The van der Waals surface area contributed by atoms with Gasteiger partial charge in [0.25, 0.3) is 0 Å². The first-order chi connectivity index (χ1) is 15.9. The summed E-state index contributed by atoms with van der Waals surface area (Å²) in [6.07, 6.45) is 0.973. The number of anilines is 1. The van der Waals surface area contributed by atoms with Gasteiger partial charge in [-0.1, -0.05) is 53.7 Å². The number of nitrogens with zero attached hydrogens (tertiary/aromatic N) is 2. The van der Waals surface area contributed by atoms with Crippen LogP contribution in [0.4, 0.5) is 5.69 Å². The van der Waals surface area contributed by atoms with Crippen molar-refractivity contribution in [1.29, 1.82) is 0 Å². The number of piperazine rings is 1. The van der Waals surface area contributed by atoms with Crippen molar-refractivity contribution in [3.8, 4) is 5.75 Å². The first-order valence-electron chi connectivity index (χ1n) is 12.5. The number of carbonyl (C=O) groups excluding carboxylic acids is 1. The molecule has 2 aromatic rings. The van der Waals surface area contributed by atoms with E-state index >= 15 is 0 Å². The maximum absolute atomic E-state index is 11.9. The van der Waals surface area contributed by atoms with Crippen molar-refractivity contribution in [1.82, 2.24) is 4.90 Å². The number of phenols is 1. The van der Waals surface area contributed by atoms with E-state index in [0.717, 1.165) is 56.0 Å². The zero-order valence-electron chi connectivity index (χ0n) is 22.1. The summed E-state index contributed by atoms with van der Waals surface area (Å²) >= 11 is 0. The van der Waals surface area contributed by atoms with E-state index in [1.807, 2.05) is 31.2 Å². The Labute approximate surface area is 205 Å². The Bertz CT molecular complexity index is 941. The van der Waals surface area contributed by atoms with E-state index in [2.05, 4.69) is 63.5 Å². The highest BCUT2D eigenvalue weighted by atomic mass is 16.5. The molecule has 0 radical (unpaired) electrons. The summed E-state index contributed by atoms with van der Waals surface area (Å²) < 4.78 is 5.08. The third kappa shape index (κ3) is 6.32. The number of phenolic OH excluding ortho intramolecular Hbond substituents is 1. The van der Waals surface area contributed by atoms with Gasteiger partial charge in [-0.05, 0) is 65.1 Å². The molecule has 1 heterocycles. The van der Waals surface area contributed by atoms with Crippen LogP contribution >= 0.6 is 0 Å². The Morgan fingerprint density at radius 1 is 0.912 bits per heavy atom. The van der Waals surface area contributed by atoms with Crippen molar-refractivity contribution < 1.29 is 14.6 Å². The smallest absolute Gasteiger partial charge is 0.338 e. The van der Waals surface area contributed by atoms with Crippen LogP contribution in [0.3, 0.4) is 0 Å². The van der Waals surface area contributed by atoms with Crippen LogP contribution in [0, 0.1) is 0 Å². The van der Waals surface area contributed by atoms with Crippen molar-refractivity contribution in [2.24, 2.45) is 0 Å². The van der Waals surface area contributed by atoms with Crippen LogP contribution in [-0.2, 0) is 22.0 Å². The zero-order valence-corrected chi connectivity index (χ0v) is 22.1. The number of ether oxygens (including phenoxy) is 1. The molecule has 1 fully saturated rings. The van der Waals surface area contributed by atoms with Crippen molar-refractivity contribution in [2.75, 3.05) is 44.2 Å². The van der Waals surface area contributed by atoms with Gasteiger partial charge >= 0.3 is 5.97 Å². The van der Waals surface area contributed by atoms with Crippen molar-refractivity contribution in [2.45, 2.75) is 65.7 Å². The Balaban J connectivity index is 1.61. The topological polar surface area (TPSA) is 53.0 Å². The molecular weight excluding hydrogens is 424 g/mol. The summed E-state index contributed by atoms with van der Waals surface area (Å²) in [6.45, 7) is 20.2. The molecule has 1 aliphatic heterocycles. The Morgan fingerprint density at radius 2 is 1.44 bits per heavy atom. The lowest BCUT2D eigenvalue weighted by molar-refractivity contribution is 0.0526. The van der Waals surface area contributed by atoms with Crippen LogP contribution < -0.4 is 4.90 Å². The zero-order chi connectivity index (χ0) is 25.1. The largest absolute Gasteiger partial charge is 0.507 e. The van der Waals surface area contributed by atoms with Crippen LogP contribution in [0.2, 0.25) is 0 Å². The van der Waals surface area contributed by atoms with Gasteiger partial charge < -0.3 is 14.7 Å². The molecule has 1 N–H and O–H groups in total. The van der Waals surface area contributed by atoms with Crippen molar-refractivity contribution in [3.05, 3.63) is 58.7 Å². The van der Waals surface area contributed by atoms with E-state index in [-0.39, 0.29) is 16.8 Å². The van der Waals surface area contributed by atoms with E-state index in [4.69, 9.17) is 4.74 Å². The van der Waals surface area contributed by atoms with Gasteiger partial charge in [-0.25, -0.2) is 4.79 Å². The second-order valence-corrected chi connectivity index (χ2v) is 11.4. The molecule has 186 valence electrons. The summed E-state index contributed by atoms with van der Waals surface area (Å²) in [4.78, 5) is 16.8. The highest BCUT2D eigenvalue weighted by molar-refractivity contribution is 5.89. The second kappa shape index (κ2) is 10.4. The molecule has 0 atom stereocenters. The molecule has 0 amide bonds. The normalized spacial score (nSPS) is 15.4. The molecule has 0 spiro atoms. The number of rotatable bonds is 6. The number of hydrogen-bond acceptors (Lipinski definition) is 5. The molecule has 3 rings (SSSR count). The molecule has 0 aliphatic carbocycles. The molecule has 5 nitrogen and oxygen atoms in total. The minimum Gasteiger partial charge on any atom is -0.507 e. The molecule has 2 aromatic carbocycles. The van der Waals surface area contributed by atoms with Crippen molar-refractivity contribution >= 4 is 11.7 Å². The number of benzene rings is 2. The van der Waals surface area contributed by atoms with E-state index in [9.17, 15) is 9.90 Å². The Morgan fingerprint density at radius 3 is 1.91 bits per heavy atom. The molecule has 0 saturated carbocycles. The van der Waals surface area contributed by atoms with E-state index in [1.54, 1.807) is 0 Å². The van der Waals surface area contributed by atoms with Crippen molar-refractivity contribution in [3.63, 3.8) is 0 Å². The standard InChI is InChI=1S/C29H42N2O3/c1-8-34-27(33)22-9-11-23(12-10-22)31-17-15-30(16-18-31)14-13-21-19-24(28(2,3)4)26(32)25(20-21)29(5,6)7/h9-12,19-20,32H,8,13-18H2,1-7H3. The fourth-order valence-electron chi connectivity index (χ4n) is 4.52. The van der Waals surface area contributed by atoms with Gasteiger partial charge in [0.2, 0.25) is 0 Å². The Kier molecular flexibility index (Phi) is 7.97. The average Bonchev–Trinajstić information content (AvgIpc) is 2.77. The van der Waals surface area contributed by atoms with E-state index in [1.165, 1.54) is 5.56 Å². The van der Waals surface area contributed by atoms with Gasteiger partial charge in [0, 0.05) is 38.4 Å². The minimum absolute atomic E-state index is 0.103. The van der Waals surface area contributed by atoms with E-state index < -0.39 is 0 Å². The van der Waals surface area contributed by atoms with Crippen LogP contribution in [0.15, 0.2) is 36.4 Å². The van der Waals surface area contributed by atoms with Gasteiger partial charge in [0.15, 0.2) is 0 Å². The summed E-state index contributed by atoms with van der Waals surface area (Å²) in [5, 5.41) is 11.0. The number of carbonyl (C=O) groups is 1. The van der Waals surface area contributed by atoms with Crippen LogP contribution in [0.1, 0.15) is 75.5 Å². The molecule has 0 bridgehead atoms. The van der Waals surface area contributed by atoms with Crippen LogP contribution in [-0.4, -0.2) is 55.3 Å². The first-order valence-corrected chi connectivity index (χ1v) is 12.5. The summed E-state index contributed by atoms with van der Waals surface area (Å²) in [6, 6.07) is 12.1. The maximum Gasteiger partial charge on any atom is 0.338 e. The second-order valence-electron chi connectivity index (χ2n) is 11.4. The lowest BCUT2D eigenvalue weighted by atomic mass is 9.78. The first kappa shape index (κ1) is 26.1. The maximum atomic E-state index is 11.9. The quantitative estimate of drug-likeness (QED) is 0.568. The lowest BCUT2D eigenvalue weighted by Gasteiger charge is -2.36. The van der Waals surface area contributed by atoms with Gasteiger partial charge in [0.1, 0.15) is 5.75 Å². The average molecular weight is 467 g/mol. The van der Waals surface area contributed by atoms with Gasteiger partial charge in [-0.15, -0.1) is 0 Å². The minimum atomic E-state index is -0.266. The fraction of sp³-hybridized carbons (Fsp3) is 0.552. The summed E-state index contributed by atoms with van der Waals surface area (Å²) in [5.41, 5.74) is 4.91. The molecule has 0 aromatic heterocycles. The molecule has 34 heavy (non-hydrogen) atoms. The predicted octanol–water partition coefficient (Wildman–Crippen LogP) is 5.53. The summed E-state index contributed by atoms with van der Waals surface area (Å²) in [5.74, 6) is 0.184. The highest BCUT2D eigenvalue weighted by Crippen LogP contribution is 2.39. The third-order valence-corrected chi connectivity index (χ3v) is 6.62. The lowest BCUT2D eigenvalue weighted by Crippen LogP contribution is -2.47. The number of hydrogen-bond donors (Lipinski definition) is 1. The molecule has 1 saturated heterocycles. The van der Waals surface area contributed by atoms with Gasteiger partial charge in [0.05, 0.1) is 12.2 Å². The predicted molar refractivity (Wildman–Crippen MR) is 140 cm³/mol. The number of esters is 1. The van der Waals surface area contributed by atoms with Crippen LogP contribution in [0.25, 0.3) is 0 Å². The van der Waals surface area contributed by atoms with E-state index in [0.29, 0.717) is 17.9 Å². The third-order valence-electron chi connectivity index (χ3n) is 6.62. The SMILES string of the molecule is CCOC(=O)c1ccc(N2CCN(CCc3cc(C(C)(C)C)c(O)c(C(C)(C)C)c3)CC2)cc1. The fourth-order valence-corrected chi connectivity index (χ4v) is 4.52. The summed E-state index contributed by atoms with van der Waals surface area (Å²) in [7, 11) is 0. The molecule has 1 aliphatic rings. The monoisotopic (exact) mass is 466 g/mol. The van der Waals surface area contributed by atoms with Gasteiger partial charge in [-0.3, -0.25) is 4.90 Å².